The van der Waals surface area contributed by atoms with E-state index in [2.05, 4.69) is 62.5 Å². The van der Waals surface area contributed by atoms with Crippen LogP contribution in [0.5, 0.6) is 0 Å². The van der Waals surface area contributed by atoms with Gasteiger partial charge in [0.2, 0.25) is 0 Å². The van der Waals surface area contributed by atoms with Crippen LogP contribution in [-0.4, -0.2) is 98.9 Å². The molecule has 1 rings (SSSR count). The van der Waals surface area contributed by atoms with E-state index in [1.807, 2.05) is 0 Å². The van der Waals surface area contributed by atoms with Crippen molar-refractivity contribution in [3.05, 3.63) is 48.6 Å². The fourth-order valence-corrected chi connectivity index (χ4v) is 9.38. The van der Waals surface area contributed by atoms with Gasteiger partial charge in [-0.1, -0.05) is 223 Å². The predicted molar refractivity (Wildman–Crippen MR) is 276 cm³/mol. The van der Waals surface area contributed by atoms with Crippen molar-refractivity contribution in [3.63, 3.8) is 0 Å². The lowest BCUT2D eigenvalue weighted by molar-refractivity contribution is -0.220. The molecule has 0 bridgehead atoms. The second-order valence-corrected chi connectivity index (χ2v) is 20.5. The maximum Gasteiger partial charge on any atom is 0.472 e. The predicted octanol–water partition coefficient (Wildman–Crippen LogP) is 12.8. The van der Waals surface area contributed by atoms with Crippen molar-refractivity contribution in [2.24, 2.45) is 0 Å². The molecule has 6 atom stereocenters. The highest BCUT2D eigenvalue weighted by atomic mass is 31.2. The van der Waals surface area contributed by atoms with Gasteiger partial charge in [0.05, 0.1) is 13.2 Å². The topological polar surface area (TPSA) is 192 Å². The Labute approximate surface area is 414 Å². The van der Waals surface area contributed by atoms with Gasteiger partial charge in [-0.25, -0.2) is 4.57 Å². The number of carbonyl (C=O) groups excluding carboxylic acids is 1. The van der Waals surface area contributed by atoms with E-state index in [1.165, 1.54) is 135 Å². The largest absolute Gasteiger partial charge is 0.472 e. The molecular weight excluding hydrogens is 884 g/mol. The summed E-state index contributed by atoms with van der Waals surface area (Å²) in [5, 5.41) is 50.4. The minimum Gasteiger partial charge on any atom is -0.457 e. The first-order valence-corrected chi connectivity index (χ1v) is 29.0. The summed E-state index contributed by atoms with van der Waals surface area (Å²) in [5.41, 5.74) is 0. The van der Waals surface area contributed by atoms with Crippen LogP contribution in [0.2, 0.25) is 0 Å². The van der Waals surface area contributed by atoms with Gasteiger partial charge >= 0.3 is 13.8 Å². The first-order valence-electron chi connectivity index (χ1n) is 27.5. The van der Waals surface area contributed by atoms with Gasteiger partial charge in [0.1, 0.15) is 42.7 Å². The van der Waals surface area contributed by atoms with E-state index in [9.17, 15) is 39.8 Å². The van der Waals surface area contributed by atoms with Crippen LogP contribution in [0.1, 0.15) is 232 Å². The number of phosphoric ester groups is 1. The lowest BCUT2D eigenvalue weighted by atomic mass is 9.85. The van der Waals surface area contributed by atoms with Crippen molar-refractivity contribution in [2.75, 3.05) is 19.8 Å². The van der Waals surface area contributed by atoms with E-state index in [0.717, 1.165) is 70.6 Å². The molecule has 398 valence electrons. The molecule has 13 heteroatoms. The number of rotatable bonds is 47. The highest BCUT2D eigenvalue weighted by Gasteiger charge is 2.51. The highest BCUT2D eigenvalue weighted by Crippen LogP contribution is 2.47. The van der Waals surface area contributed by atoms with Crippen molar-refractivity contribution >= 4 is 13.8 Å². The summed E-state index contributed by atoms with van der Waals surface area (Å²) in [4.78, 5) is 23.3. The Morgan fingerprint density at radius 2 is 0.868 bits per heavy atom. The monoisotopic (exact) mass is 985 g/mol. The molecular formula is C55H101O12P. The smallest absolute Gasteiger partial charge is 0.457 e. The minimum absolute atomic E-state index is 0.0769. The van der Waals surface area contributed by atoms with Crippen molar-refractivity contribution in [2.45, 2.75) is 275 Å². The SMILES string of the molecule is CC/C=C\C/C=C\C/C=C\C/C=C\CCCCCCCCCCCCCOCC(COP(=O)(O)OC1C(O)C(O)C(O)C(O)C1O)OC(=O)CCCCCCCCCCCCCCCCCCC. The molecule has 1 aliphatic carbocycles. The van der Waals surface area contributed by atoms with Gasteiger partial charge in [0.15, 0.2) is 0 Å². The Hall–Kier alpha value is -1.70. The molecule has 6 unspecified atom stereocenters. The molecule has 0 aromatic rings. The Bertz CT molecular complexity index is 1310. The third kappa shape index (κ3) is 36.3. The number of unbranched alkanes of at least 4 members (excludes halogenated alkanes) is 27. The molecule has 0 aromatic heterocycles. The summed E-state index contributed by atoms with van der Waals surface area (Å²) >= 11 is 0. The Kier molecular flexibility index (Phi) is 42.7. The third-order valence-corrected chi connectivity index (χ3v) is 13.7. The van der Waals surface area contributed by atoms with Crippen LogP contribution < -0.4 is 0 Å². The molecule has 0 aromatic carbocycles. The number of phosphoric acid groups is 1. The Morgan fingerprint density at radius 3 is 1.32 bits per heavy atom. The van der Waals surface area contributed by atoms with Gasteiger partial charge in [-0.3, -0.25) is 13.8 Å². The van der Waals surface area contributed by atoms with Crippen LogP contribution >= 0.6 is 7.82 Å². The molecule has 1 saturated carbocycles. The first kappa shape index (κ1) is 64.3. The molecule has 0 aliphatic heterocycles. The number of allylic oxidation sites excluding steroid dienone is 8. The number of esters is 1. The molecule has 1 fully saturated rings. The van der Waals surface area contributed by atoms with E-state index >= 15 is 0 Å². The highest BCUT2D eigenvalue weighted by molar-refractivity contribution is 7.47. The lowest BCUT2D eigenvalue weighted by Crippen LogP contribution is -2.64. The number of carbonyl (C=O) groups is 1. The van der Waals surface area contributed by atoms with Gasteiger partial charge in [0.25, 0.3) is 0 Å². The number of ether oxygens (including phenoxy) is 2. The molecule has 12 nitrogen and oxygen atoms in total. The van der Waals surface area contributed by atoms with E-state index in [1.54, 1.807) is 0 Å². The van der Waals surface area contributed by atoms with Crippen LogP contribution in [-0.2, 0) is 27.9 Å². The normalized spacial score (nSPS) is 21.5. The molecule has 68 heavy (non-hydrogen) atoms. The van der Waals surface area contributed by atoms with Crippen molar-refractivity contribution in [3.8, 4) is 0 Å². The van der Waals surface area contributed by atoms with Crippen LogP contribution in [0.15, 0.2) is 48.6 Å². The standard InChI is InChI=1S/C55H101O12P/c1-3-5-7-9-11-13-15-17-19-21-22-23-24-25-26-27-29-31-33-35-37-39-41-43-45-64-46-48(47-65-68(62,63)67-55-53(60)51(58)50(57)52(59)54(55)61)66-49(56)44-42-40-38-36-34-32-30-28-20-18-16-14-12-10-8-6-4-2/h5,7,11,13,17,19,22-23,48,50-55,57-61H,3-4,6,8-10,12,14-16,18,20-21,24-47H2,1-2H3,(H,62,63)/b7-5-,13-11-,19-17-,23-22-. The Morgan fingerprint density at radius 1 is 0.485 bits per heavy atom. The quantitative estimate of drug-likeness (QED) is 0.0147. The summed E-state index contributed by atoms with van der Waals surface area (Å²) in [5.74, 6) is -0.475. The van der Waals surface area contributed by atoms with Crippen LogP contribution in [0.25, 0.3) is 0 Å². The van der Waals surface area contributed by atoms with Gasteiger partial charge in [0, 0.05) is 13.0 Å². The Balaban J connectivity index is 2.29. The van der Waals surface area contributed by atoms with Crippen LogP contribution in [0, 0.1) is 0 Å². The van der Waals surface area contributed by atoms with Crippen molar-refractivity contribution < 1.29 is 58.3 Å². The molecule has 1 aliphatic rings. The average molecular weight is 985 g/mol. The number of aliphatic hydroxyl groups is 5. The maximum absolute atomic E-state index is 12.9. The van der Waals surface area contributed by atoms with Gasteiger partial charge < -0.3 is 39.9 Å². The summed E-state index contributed by atoms with van der Waals surface area (Å²) in [6.07, 6.45) is 44.6. The maximum atomic E-state index is 12.9. The zero-order valence-electron chi connectivity index (χ0n) is 42.9. The summed E-state index contributed by atoms with van der Waals surface area (Å²) in [6.45, 7) is 4.18. The first-order chi connectivity index (χ1) is 33.0. The minimum atomic E-state index is -5.02. The molecule has 6 N–H and O–H groups in total. The van der Waals surface area contributed by atoms with Crippen LogP contribution in [0.4, 0.5) is 0 Å². The van der Waals surface area contributed by atoms with Gasteiger partial charge in [-0.2, -0.15) is 0 Å². The molecule has 0 amide bonds. The lowest BCUT2D eigenvalue weighted by Gasteiger charge is -2.41. The van der Waals surface area contributed by atoms with E-state index in [4.69, 9.17) is 18.5 Å². The number of aliphatic hydroxyl groups excluding tert-OH is 5. The van der Waals surface area contributed by atoms with Crippen molar-refractivity contribution in [1.29, 1.82) is 0 Å². The van der Waals surface area contributed by atoms with Gasteiger partial charge in [-0.15, -0.1) is 0 Å². The molecule has 0 radical (unpaired) electrons. The number of hydrogen-bond donors (Lipinski definition) is 6. The van der Waals surface area contributed by atoms with Crippen LogP contribution in [0.3, 0.4) is 0 Å². The van der Waals surface area contributed by atoms with Crippen molar-refractivity contribution in [1.82, 2.24) is 0 Å². The fraction of sp³-hybridized carbons (Fsp3) is 0.836. The molecule has 0 saturated heterocycles. The molecule has 0 heterocycles. The second kappa shape index (κ2) is 45.2. The third-order valence-electron chi connectivity index (χ3n) is 12.7. The van der Waals surface area contributed by atoms with Gasteiger partial charge in [-0.05, 0) is 51.4 Å². The fourth-order valence-electron chi connectivity index (χ4n) is 8.41. The summed E-state index contributed by atoms with van der Waals surface area (Å²) < 4.78 is 34.4. The summed E-state index contributed by atoms with van der Waals surface area (Å²) in [6, 6.07) is 0. The summed E-state index contributed by atoms with van der Waals surface area (Å²) in [7, 11) is -5.02. The number of hydrogen-bond acceptors (Lipinski definition) is 11. The zero-order valence-corrected chi connectivity index (χ0v) is 43.8. The zero-order chi connectivity index (χ0) is 49.8. The second-order valence-electron chi connectivity index (χ2n) is 19.1. The van der Waals surface area contributed by atoms with E-state index in [0.29, 0.717) is 13.0 Å². The van der Waals surface area contributed by atoms with E-state index < -0.39 is 63.1 Å². The average Bonchev–Trinajstić information content (AvgIpc) is 3.32. The molecule has 0 spiro atoms. The van der Waals surface area contributed by atoms with E-state index in [-0.39, 0.29) is 13.0 Å².